The molecule has 0 saturated heterocycles. The number of carbonyl (C=O) groups is 2. The minimum absolute atomic E-state index is 0.0236. The first-order valence-electron chi connectivity index (χ1n) is 10.6. The van der Waals surface area contributed by atoms with Crippen LogP contribution in [0.2, 0.25) is 0 Å². The predicted octanol–water partition coefficient (Wildman–Crippen LogP) is 2.64. The van der Waals surface area contributed by atoms with Crippen LogP contribution in [0.5, 0.6) is 0 Å². The molecule has 3 aromatic rings. The van der Waals surface area contributed by atoms with Crippen molar-refractivity contribution in [2.24, 2.45) is 4.99 Å². The molecule has 0 spiro atoms. The van der Waals surface area contributed by atoms with Gasteiger partial charge in [-0.3, -0.25) is 14.6 Å². The Balaban J connectivity index is 1.89. The molecule has 6 rings (SSSR count). The third kappa shape index (κ3) is 2.43. The summed E-state index contributed by atoms with van der Waals surface area (Å²) in [6.07, 6.45) is 11.3. The van der Waals surface area contributed by atoms with E-state index in [1.165, 1.54) is 5.56 Å². The zero-order chi connectivity index (χ0) is 22.1. The number of alkyl halides is 1. The quantitative estimate of drug-likeness (QED) is 0.529. The van der Waals surface area contributed by atoms with Gasteiger partial charge in [-0.2, -0.15) is 4.73 Å². The highest BCUT2D eigenvalue weighted by molar-refractivity contribution is 9.09. The van der Waals surface area contributed by atoms with Gasteiger partial charge >= 0.3 is 0 Å². The summed E-state index contributed by atoms with van der Waals surface area (Å²) >= 11 is 3.54. The molecule has 3 heterocycles. The van der Waals surface area contributed by atoms with Crippen molar-refractivity contribution in [3.8, 4) is 0 Å². The second-order valence-electron chi connectivity index (χ2n) is 8.33. The molecule has 3 aliphatic rings. The number of aryl methyl sites for hydroxylation is 1. The second-order valence-corrected chi connectivity index (χ2v) is 9.13. The molecule has 0 unspecified atom stereocenters. The van der Waals surface area contributed by atoms with Crippen LogP contribution in [0.1, 0.15) is 33.6 Å². The van der Waals surface area contributed by atoms with Crippen molar-refractivity contribution in [2.75, 3.05) is 19.5 Å². The van der Waals surface area contributed by atoms with Crippen LogP contribution in [-0.2, 0) is 17.6 Å². The summed E-state index contributed by atoms with van der Waals surface area (Å²) in [6.45, 7) is 0. The molecule has 1 aromatic heterocycles. The summed E-state index contributed by atoms with van der Waals surface area (Å²) in [5.74, 6) is -0.0523. The Kier molecular flexibility index (Phi) is 4.21. The average molecular weight is 490 g/mol. The number of aromatic nitrogens is 1. The summed E-state index contributed by atoms with van der Waals surface area (Å²) in [7, 11) is 3.39. The van der Waals surface area contributed by atoms with Crippen molar-refractivity contribution in [2.45, 2.75) is 19.3 Å². The van der Waals surface area contributed by atoms with E-state index in [4.69, 9.17) is 9.83 Å². The van der Waals surface area contributed by atoms with Gasteiger partial charge in [0.05, 0.1) is 22.5 Å². The number of fused-ring (bicyclic) bond motifs is 10. The number of allylic oxidation sites excluding steroid dienone is 1. The largest absolute Gasteiger partial charge is 0.416 e. The standard InChI is InChI=1S/C25H20BrN3O3/c1-28-12-18-20-17(10-13(4-3-8-26)15-7-9-27-23(15)20)24-21(22(18)25(28)31)16-11-14(30)5-6-19(16)29(24)32-2/h5-7,9-10,12H,3-4,8,11H2,1-2H3. The molecule has 32 heavy (non-hydrogen) atoms. The first kappa shape index (κ1) is 19.5. The van der Waals surface area contributed by atoms with Crippen molar-refractivity contribution < 1.29 is 14.4 Å². The smallest absolute Gasteiger partial charge is 0.258 e. The van der Waals surface area contributed by atoms with E-state index in [2.05, 4.69) is 28.1 Å². The van der Waals surface area contributed by atoms with E-state index in [9.17, 15) is 9.59 Å². The van der Waals surface area contributed by atoms with Crippen LogP contribution in [-0.4, -0.2) is 47.0 Å². The lowest BCUT2D eigenvalue weighted by molar-refractivity contribution is -0.114. The van der Waals surface area contributed by atoms with E-state index in [1.807, 2.05) is 12.4 Å². The topological polar surface area (TPSA) is 63.9 Å². The van der Waals surface area contributed by atoms with Crippen LogP contribution >= 0.6 is 15.9 Å². The van der Waals surface area contributed by atoms with Gasteiger partial charge in [0, 0.05) is 57.8 Å². The number of hydrogen-bond donors (Lipinski definition) is 0. The average Bonchev–Trinajstić information content (AvgIpc) is 3.47. The fourth-order valence-corrected chi connectivity index (χ4v) is 5.56. The van der Waals surface area contributed by atoms with E-state index in [1.54, 1.807) is 35.9 Å². The Hall–Kier alpha value is -3.19. The Morgan fingerprint density at radius 1 is 1.19 bits per heavy atom. The van der Waals surface area contributed by atoms with Gasteiger partial charge < -0.3 is 9.74 Å². The zero-order valence-corrected chi connectivity index (χ0v) is 19.3. The molecule has 0 fully saturated rings. The number of benzene rings is 2. The molecule has 0 atom stereocenters. The monoisotopic (exact) mass is 489 g/mol. The van der Waals surface area contributed by atoms with E-state index < -0.39 is 0 Å². The number of ketones is 1. The lowest BCUT2D eigenvalue weighted by atomic mass is 9.91. The van der Waals surface area contributed by atoms with Gasteiger partial charge in [-0.15, -0.1) is 0 Å². The maximum Gasteiger partial charge on any atom is 0.258 e. The molecule has 7 heteroatoms. The number of nitrogens with zero attached hydrogens (tertiary/aromatic N) is 3. The summed E-state index contributed by atoms with van der Waals surface area (Å²) < 4.78 is 1.77. The lowest BCUT2D eigenvalue weighted by Gasteiger charge is -2.13. The normalized spacial score (nSPS) is 15.9. The Morgan fingerprint density at radius 3 is 2.81 bits per heavy atom. The van der Waals surface area contributed by atoms with Crippen molar-refractivity contribution in [1.29, 1.82) is 0 Å². The van der Waals surface area contributed by atoms with Crippen molar-refractivity contribution >= 4 is 79.5 Å². The van der Waals surface area contributed by atoms with E-state index in [0.717, 1.165) is 67.2 Å². The Morgan fingerprint density at radius 2 is 2.03 bits per heavy atom. The Bertz CT molecular complexity index is 1580. The molecule has 1 aliphatic carbocycles. The number of amides is 1. The summed E-state index contributed by atoms with van der Waals surface area (Å²) in [5, 5.41) is 5.66. The summed E-state index contributed by atoms with van der Waals surface area (Å²) in [6, 6.07) is 2.22. The first-order chi connectivity index (χ1) is 15.5. The maximum absolute atomic E-state index is 13.3. The van der Waals surface area contributed by atoms with Crippen LogP contribution in [0.25, 0.3) is 40.0 Å². The fraction of sp³-hybridized carbons (Fsp3) is 0.240. The highest BCUT2D eigenvalue weighted by atomic mass is 79.9. The lowest BCUT2D eigenvalue weighted by Crippen LogP contribution is -2.19. The summed E-state index contributed by atoms with van der Waals surface area (Å²) in [4.78, 5) is 37.8. The van der Waals surface area contributed by atoms with Gasteiger partial charge in [0.2, 0.25) is 0 Å². The van der Waals surface area contributed by atoms with Crippen molar-refractivity contribution in [1.82, 2.24) is 9.63 Å². The molecular formula is C25H20BrN3O3. The number of carbonyl (C=O) groups excluding carboxylic acids is 2. The fourth-order valence-electron chi connectivity index (χ4n) is 5.28. The van der Waals surface area contributed by atoms with Gasteiger partial charge in [0.1, 0.15) is 7.11 Å². The van der Waals surface area contributed by atoms with E-state index in [0.29, 0.717) is 5.56 Å². The van der Waals surface area contributed by atoms with E-state index >= 15 is 0 Å². The summed E-state index contributed by atoms with van der Waals surface area (Å²) in [5.41, 5.74) is 5.24. The van der Waals surface area contributed by atoms with Gasteiger partial charge in [-0.25, -0.2) is 0 Å². The van der Waals surface area contributed by atoms with E-state index in [-0.39, 0.29) is 18.1 Å². The van der Waals surface area contributed by atoms with Crippen LogP contribution < -0.4 is 15.3 Å². The van der Waals surface area contributed by atoms with Gasteiger partial charge in [-0.05, 0) is 48.3 Å². The van der Waals surface area contributed by atoms with Crippen molar-refractivity contribution in [3.63, 3.8) is 0 Å². The third-order valence-electron chi connectivity index (χ3n) is 6.58. The minimum atomic E-state index is -0.0759. The first-order valence-corrected chi connectivity index (χ1v) is 11.7. The molecule has 2 aliphatic heterocycles. The van der Waals surface area contributed by atoms with Crippen LogP contribution in [0.4, 0.5) is 5.69 Å². The predicted molar refractivity (Wildman–Crippen MR) is 130 cm³/mol. The van der Waals surface area contributed by atoms with Crippen LogP contribution in [0, 0.1) is 0 Å². The number of aliphatic imine (C=N–C) groups is 1. The third-order valence-corrected chi connectivity index (χ3v) is 7.14. The van der Waals surface area contributed by atoms with Gasteiger partial charge in [0.15, 0.2) is 5.78 Å². The molecule has 0 saturated carbocycles. The molecule has 0 N–H and O–H groups in total. The molecule has 0 radical (unpaired) electrons. The van der Waals surface area contributed by atoms with Crippen LogP contribution in [0.15, 0.2) is 17.1 Å². The van der Waals surface area contributed by atoms with Gasteiger partial charge in [0.25, 0.3) is 5.91 Å². The maximum atomic E-state index is 13.3. The van der Waals surface area contributed by atoms with Crippen molar-refractivity contribution in [3.05, 3.63) is 45.0 Å². The molecule has 2 aromatic carbocycles. The molecule has 6 nitrogen and oxygen atoms in total. The van der Waals surface area contributed by atoms with Gasteiger partial charge in [-0.1, -0.05) is 15.9 Å². The Labute approximate surface area is 192 Å². The highest BCUT2D eigenvalue weighted by Crippen LogP contribution is 2.39. The second kappa shape index (κ2) is 6.90. The minimum Gasteiger partial charge on any atom is -0.416 e. The molecule has 160 valence electrons. The number of hydrogen-bond acceptors (Lipinski definition) is 4. The SMILES string of the molecule is COn1c2c(c3c4c(c5c6c(c(CCCBr)cc5c31)=CC=N6)=CN(C)C4=O)CC(=O)C=C2. The number of halogens is 1. The van der Waals surface area contributed by atoms with Crippen LogP contribution in [0.3, 0.4) is 0 Å². The number of rotatable bonds is 4. The highest BCUT2D eigenvalue weighted by Gasteiger charge is 2.33. The molecular weight excluding hydrogens is 470 g/mol. The zero-order valence-electron chi connectivity index (χ0n) is 17.7. The molecule has 0 bridgehead atoms. The molecule has 1 amide bonds.